The molecule has 3 fully saturated rings. The fraction of sp³-hybridized carbons (Fsp3) is 0.938. The predicted octanol–water partition coefficient (Wildman–Crippen LogP) is 0.387. The third kappa shape index (κ3) is 4.18. The van der Waals surface area contributed by atoms with Gasteiger partial charge in [-0.15, -0.1) is 0 Å². The molecule has 0 aromatic carbocycles. The molecule has 2 heterocycles. The highest BCUT2D eigenvalue weighted by molar-refractivity contribution is 5.78. The Labute approximate surface area is 127 Å². The molecule has 1 saturated carbocycles. The molecule has 0 radical (unpaired) electrons. The van der Waals surface area contributed by atoms with Gasteiger partial charge < -0.3 is 10.0 Å². The van der Waals surface area contributed by atoms with Crippen LogP contribution in [-0.2, 0) is 4.79 Å². The van der Waals surface area contributed by atoms with E-state index in [4.69, 9.17) is 0 Å². The molecule has 5 heteroatoms. The van der Waals surface area contributed by atoms with E-state index in [1.165, 1.54) is 19.4 Å². The molecule has 0 spiro atoms. The van der Waals surface area contributed by atoms with Crippen LogP contribution in [0.1, 0.15) is 32.1 Å². The van der Waals surface area contributed by atoms with Gasteiger partial charge in [0.2, 0.25) is 5.91 Å². The summed E-state index contributed by atoms with van der Waals surface area (Å²) < 4.78 is 0. The smallest absolute Gasteiger partial charge is 0.222 e. The van der Waals surface area contributed by atoms with Crippen LogP contribution in [0.3, 0.4) is 0 Å². The highest BCUT2D eigenvalue weighted by atomic mass is 16.3. The molecule has 0 bridgehead atoms. The largest absolute Gasteiger partial charge is 0.396 e. The zero-order valence-corrected chi connectivity index (χ0v) is 13.0. The Balaban J connectivity index is 1.45. The number of rotatable bonds is 7. The summed E-state index contributed by atoms with van der Waals surface area (Å²) >= 11 is 0. The van der Waals surface area contributed by atoms with Crippen molar-refractivity contribution in [2.75, 3.05) is 52.4 Å². The minimum absolute atomic E-state index is 0.282. The molecule has 3 aliphatic rings. The highest BCUT2D eigenvalue weighted by Gasteiger charge is 2.32. The average Bonchev–Trinajstić information content (AvgIpc) is 3.20. The van der Waals surface area contributed by atoms with Gasteiger partial charge >= 0.3 is 0 Å². The predicted molar refractivity (Wildman–Crippen MR) is 82.0 cm³/mol. The van der Waals surface area contributed by atoms with E-state index in [-0.39, 0.29) is 6.61 Å². The van der Waals surface area contributed by atoms with Crippen LogP contribution >= 0.6 is 0 Å². The summed E-state index contributed by atoms with van der Waals surface area (Å²) in [6.07, 6.45) is 5.43. The van der Waals surface area contributed by atoms with Gasteiger partial charge in [0.25, 0.3) is 0 Å². The van der Waals surface area contributed by atoms with Crippen molar-refractivity contribution in [1.82, 2.24) is 14.7 Å². The van der Waals surface area contributed by atoms with Gasteiger partial charge in [0.15, 0.2) is 0 Å². The molecular formula is C16H29N3O2. The Morgan fingerprint density at radius 3 is 2.67 bits per heavy atom. The lowest BCUT2D eigenvalue weighted by atomic mass is 10.1. The maximum Gasteiger partial charge on any atom is 0.222 e. The van der Waals surface area contributed by atoms with E-state index < -0.39 is 0 Å². The van der Waals surface area contributed by atoms with Crippen LogP contribution in [-0.4, -0.2) is 84.2 Å². The average molecular weight is 295 g/mol. The summed E-state index contributed by atoms with van der Waals surface area (Å²) in [6, 6.07) is 0.499. The topological polar surface area (TPSA) is 47.0 Å². The van der Waals surface area contributed by atoms with Crippen LogP contribution in [0.5, 0.6) is 0 Å². The molecule has 3 rings (SSSR count). The van der Waals surface area contributed by atoms with Crippen molar-refractivity contribution in [2.24, 2.45) is 5.92 Å². The summed E-state index contributed by atoms with van der Waals surface area (Å²) in [5.41, 5.74) is 0. The number of amides is 1. The molecule has 2 saturated heterocycles. The van der Waals surface area contributed by atoms with Crippen LogP contribution in [0.25, 0.3) is 0 Å². The van der Waals surface area contributed by atoms with Gasteiger partial charge in [-0.1, -0.05) is 0 Å². The van der Waals surface area contributed by atoms with Crippen molar-refractivity contribution in [1.29, 1.82) is 0 Å². The molecule has 0 aromatic heterocycles. The summed E-state index contributed by atoms with van der Waals surface area (Å²) in [6.45, 7) is 7.60. The maximum absolute atomic E-state index is 11.7. The van der Waals surface area contributed by atoms with E-state index in [1.54, 1.807) is 0 Å². The maximum atomic E-state index is 11.7. The number of likely N-dealkylation sites (tertiary alicyclic amines) is 1. The first-order valence-electron chi connectivity index (χ1n) is 8.61. The molecule has 1 atom stereocenters. The summed E-state index contributed by atoms with van der Waals surface area (Å²) in [4.78, 5) is 18.7. The number of carbonyl (C=O) groups is 1. The monoisotopic (exact) mass is 295 g/mol. The fourth-order valence-corrected chi connectivity index (χ4v) is 3.66. The normalized spacial score (nSPS) is 28.5. The minimum atomic E-state index is 0.282. The van der Waals surface area contributed by atoms with Crippen LogP contribution < -0.4 is 0 Å². The van der Waals surface area contributed by atoms with Gasteiger partial charge in [-0.05, 0) is 31.6 Å². The third-order valence-corrected chi connectivity index (χ3v) is 5.20. The number of aliphatic hydroxyl groups is 1. The second-order valence-electron chi connectivity index (χ2n) is 6.89. The van der Waals surface area contributed by atoms with Gasteiger partial charge in [-0.25, -0.2) is 0 Å². The Bertz CT molecular complexity index is 359. The number of nitrogens with zero attached hydrogens (tertiary/aromatic N) is 3. The zero-order chi connectivity index (χ0) is 14.7. The zero-order valence-electron chi connectivity index (χ0n) is 13.0. The molecule has 21 heavy (non-hydrogen) atoms. The Morgan fingerprint density at radius 1 is 1.14 bits per heavy atom. The van der Waals surface area contributed by atoms with Crippen molar-refractivity contribution in [3.63, 3.8) is 0 Å². The molecule has 0 aromatic rings. The molecule has 120 valence electrons. The quantitative estimate of drug-likeness (QED) is 0.738. The summed E-state index contributed by atoms with van der Waals surface area (Å²) in [5.74, 6) is 1.24. The first-order chi connectivity index (χ1) is 10.3. The minimum Gasteiger partial charge on any atom is -0.396 e. The number of hydrogen-bond acceptors (Lipinski definition) is 4. The Morgan fingerprint density at radius 2 is 2.00 bits per heavy atom. The van der Waals surface area contributed by atoms with Crippen LogP contribution in [0.15, 0.2) is 0 Å². The molecule has 2 aliphatic heterocycles. The van der Waals surface area contributed by atoms with Gasteiger partial charge in [-0.3, -0.25) is 14.6 Å². The van der Waals surface area contributed by atoms with Crippen molar-refractivity contribution < 1.29 is 9.90 Å². The van der Waals surface area contributed by atoms with Crippen LogP contribution in [0.4, 0.5) is 0 Å². The van der Waals surface area contributed by atoms with Gasteiger partial charge in [-0.2, -0.15) is 0 Å². The molecule has 5 nitrogen and oxygen atoms in total. The standard InChI is InChI=1S/C16H29N3O2/c20-11-5-15-13-17(7-9-18-6-1-2-16(18)21)8-10-19(15)12-14-3-4-14/h14-15,20H,1-13H2. The number of carbonyl (C=O) groups excluding carboxylic acids is 1. The first-order valence-corrected chi connectivity index (χ1v) is 8.61. The lowest BCUT2D eigenvalue weighted by Crippen LogP contribution is -2.55. The van der Waals surface area contributed by atoms with E-state index in [9.17, 15) is 9.90 Å². The Hall–Kier alpha value is -0.650. The molecule has 1 amide bonds. The number of piperazine rings is 1. The van der Waals surface area contributed by atoms with Gasteiger partial charge in [0.05, 0.1) is 0 Å². The highest BCUT2D eigenvalue weighted by Crippen LogP contribution is 2.31. The lowest BCUT2D eigenvalue weighted by molar-refractivity contribution is -0.127. The van der Waals surface area contributed by atoms with Crippen molar-refractivity contribution in [3.8, 4) is 0 Å². The van der Waals surface area contributed by atoms with Gasteiger partial charge in [0.1, 0.15) is 0 Å². The lowest BCUT2D eigenvalue weighted by Gasteiger charge is -2.42. The summed E-state index contributed by atoms with van der Waals surface area (Å²) in [7, 11) is 0. The van der Waals surface area contributed by atoms with E-state index >= 15 is 0 Å². The number of aliphatic hydroxyl groups excluding tert-OH is 1. The molecule has 1 aliphatic carbocycles. The van der Waals surface area contributed by atoms with E-state index in [0.29, 0.717) is 11.9 Å². The second kappa shape index (κ2) is 7.07. The van der Waals surface area contributed by atoms with Crippen molar-refractivity contribution in [3.05, 3.63) is 0 Å². The van der Waals surface area contributed by atoms with E-state index in [0.717, 1.165) is 64.4 Å². The summed E-state index contributed by atoms with van der Waals surface area (Å²) in [5, 5.41) is 9.31. The van der Waals surface area contributed by atoms with Crippen LogP contribution in [0.2, 0.25) is 0 Å². The fourth-order valence-electron chi connectivity index (χ4n) is 3.66. The van der Waals surface area contributed by atoms with Crippen LogP contribution in [0, 0.1) is 5.92 Å². The second-order valence-corrected chi connectivity index (χ2v) is 6.89. The first kappa shape index (κ1) is 15.3. The molecule has 1 unspecified atom stereocenters. The third-order valence-electron chi connectivity index (χ3n) is 5.20. The molecular weight excluding hydrogens is 266 g/mol. The molecule has 1 N–H and O–H groups in total. The van der Waals surface area contributed by atoms with Gasteiger partial charge in [0, 0.05) is 64.9 Å². The van der Waals surface area contributed by atoms with Crippen molar-refractivity contribution >= 4 is 5.91 Å². The Kier molecular flexibility index (Phi) is 5.14. The van der Waals surface area contributed by atoms with E-state index in [1.807, 2.05) is 4.90 Å². The number of hydrogen-bond donors (Lipinski definition) is 1. The van der Waals surface area contributed by atoms with E-state index in [2.05, 4.69) is 9.80 Å². The SMILES string of the molecule is O=C1CCCN1CCN1CCN(CC2CC2)C(CCO)C1. The van der Waals surface area contributed by atoms with Crippen molar-refractivity contribution in [2.45, 2.75) is 38.1 Å².